The van der Waals surface area contributed by atoms with E-state index in [0.717, 1.165) is 36.7 Å². The van der Waals surface area contributed by atoms with Gasteiger partial charge in [0.05, 0.1) is 5.75 Å². The Morgan fingerprint density at radius 1 is 1.25 bits per heavy atom. The van der Waals surface area contributed by atoms with Crippen LogP contribution >= 0.6 is 11.8 Å². The first-order valence-corrected chi connectivity index (χ1v) is 8.29. The highest BCUT2D eigenvalue weighted by atomic mass is 32.2. The largest absolute Gasteiger partial charge is 0.481 e. The number of nitrogens with zero attached hydrogens (tertiary/aromatic N) is 3. The fourth-order valence-electron chi connectivity index (χ4n) is 2.38. The van der Waals surface area contributed by atoms with Crippen LogP contribution in [0.25, 0.3) is 0 Å². The molecule has 114 valence electrons. The minimum atomic E-state index is -0.825. The van der Waals surface area contributed by atoms with E-state index < -0.39 is 5.97 Å². The molecule has 0 atom stereocenters. The highest BCUT2D eigenvalue weighted by Gasteiger charge is 2.22. The van der Waals surface area contributed by atoms with Crippen molar-refractivity contribution in [2.24, 2.45) is 0 Å². The van der Waals surface area contributed by atoms with Crippen LogP contribution in [0.4, 0.5) is 0 Å². The monoisotopic (exact) mass is 299 g/mol. The fourth-order valence-corrected chi connectivity index (χ4v) is 3.17. The maximum absolute atomic E-state index is 10.7. The molecule has 0 aliphatic heterocycles. The summed E-state index contributed by atoms with van der Waals surface area (Å²) in [5.41, 5.74) is 0. The molecule has 0 spiro atoms. The van der Waals surface area contributed by atoms with Gasteiger partial charge >= 0.3 is 5.97 Å². The van der Waals surface area contributed by atoms with E-state index >= 15 is 0 Å². The average Bonchev–Trinajstić information content (AvgIpc) is 2.79. The smallest absolute Gasteiger partial charge is 0.313 e. The van der Waals surface area contributed by atoms with E-state index in [1.807, 2.05) is 0 Å². The second-order valence-electron chi connectivity index (χ2n) is 5.26. The SMILES string of the molecule is CCCC(CCC)c1nnc(SCC(=O)O)n1C(C)C. The highest BCUT2D eigenvalue weighted by Crippen LogP contribution is 2.30. The molecule has 1 N–H and O–H groups in total. The second kappa shape index (κ2) is 8.29. The first-order chi connectivity index (χ1) is 9.51. The first kappa shape index (κ1) is 17.0. The van der Waals surface area contributed by atoms with Crippen LogP contribution in [-0.2, 0) is 4.79 Å². The van der Waals surface area contributed by atoms with Gasteiger partial charge in [-0.25, -0.2) is 0 Å². The van der Waals surface area contributed by atoms with E-state index in [1.54, 1.807) is 0 Å². The normalized spacial score (nSPS) is 11.5. The number of hydrogen-bond donors (Lipinski definition) is 1. The van der Waals surface area contributed by atoms with Crippen molar-refractivity contribution >= 4 is 17.7 Å². The molecule has 0 unspecified atom stereocenters. The summed E-state index contributed by atoms with van der Waals surface area (Å²) < 4.78 is 2.10. The van der Waals surface area contributed by atoms with Crippen molar-refractivity contribution in [1.82, 2.24) is 14.8 Å². The average molecular weight is 299 g/mol. The fraction of sp³-hybridized carbons (Fsp3) is 0.786. The quantitative estimate of drug-likeness (QED) is 0.704. The van der Waals surface area contributed by atoms with Gasteiger partial charge in [-0.1, -0.05) is 38.5 Å². The highest BCUT2D eigenvalue weighted by molar-refractivity contribution is 7.99. The number of aromatic nitrogens is 3. The summed E-state index contributed by atoms with van der Waals surface area (Å²) >= 11 is 1.25. The van der Waals surface area contributed by atoms with E-state index in [1.165, 1.54) is 11.8 Å². The van der Waals surface area contributed by atoms with E-state index in [4.69, 9.17) is 5.11 Å². The van der Waals surface area contributed by atoms with Gasteiger partial charge in [-0.2, -0.15) is 0 Å². The number of carboxylic acid groups (broad SMARTS) is 1. The zero-order valence-electron chi connectivity index (χ0n) is 12.8. The Bertz CT molecular complexity index is 426. The summed E-state index contributed by atoms with van der Waals surface area (Å²) in [7, 11) is 0. The van der Waals surface area contributed by atoms with Crippen molar-refractivity contribution in [2.75, 3.05) is 5.75 Å². The summed E-state index contributed by atoms with van der Waals surface area (Å²) in [4.78, 5) is 10.7. The van der Waals surface area contributed by atoms with E-state index in [0.29, 0.717) is 5.92 Å². The zero-order chi connectivity index (χ0) is 15.1. The topological polar surface area (TPSA) is 68.0 Å². The standard InChI is InChI=1S/C14H25N3O2S/c1-5-7-11(8-6-2)13-15-16-14(17(13)10(3)4)20-9-12(18)19/h10-11H,5-9H2,1-4H3,(H,18,19). The summed E-state index contributed by atoms with van der Waals surface area (Å²) in [6.45, 7) is 8.54. The molecule has 0 saturated heterocycles. The molecule has 0 aliphatic carbocycles. The van der Waals surface area contributed by atoms with E-state index in [-0.39, 0.29) is 11.8 Å². The molecule has 1 aromatic heterocycles. The van der Waals surface area contributed by atoms with Crippen molar-refractivity contribution < 1.29 is 9.90 Å². The Hall–Kier alpha value is -1.04. The first-order valence-electron chi connectivity index (χ1n) is 7.30. The van der Waals surface area contributed by atoms with Crippen molar-refractivity contribution in [3.05, 3.63) is 5.82 Å². The lowest BCUT2D eigenvalue weighted by atomic mass is 9.97. The van der Waals surface area contributed by atoms with Gasteiger partial charge in [-0.3, -0.25) is 4.79 Å². The second-order valence-corrected chi connectivity index (χ2v) is 6.20. The molecule has 5 nitrogen and oxygen atoms in total. The minimum absolute atomic E-state index is 0.0249. The van der Waals surface area contributed by atoms with Gasteiger partial charge in [-0.05, 0) is 26.7 Å². The van der Waals surface area contributed by atoms with Crippen LogP contribution in [0.5, 0.6) is 0 Å². The maximum Gasteiger partial charge on any atom is 0.313 e. The van der Waals surface area contributed by atoms with Gasteiger partial charge in [0.2, 0.25) is 0 Å². The third kappa shape index (κ3) is 4.51. The molecule has 20 heavy (non-hydrogen) atoms. The van der Waals surface area contributed by atoms with Crippen LogP contribution in [0.15, 0.2) is 5.16 Å². The summed E-state index contributed by atoms with van der Waals surface area (Å²) in [5, 5.41) is 18.1. The Labute approximate surface area is 125 Å². The van der Waals surface area contributed by atoms with E-state index in [2.05, 4.69) is 42.5 Å². The molecule has 0 aromatic carbocycles. The maximum atomic E-state index is 10.7. The molecule has 0 bridgehead atoms. The van der Waals surface area contributed by atoms with Crippen LogP contribution in [0, 0.1) is 0 Å². The lowest BCUT2D eigenvalue weighted by Gasteiger charge is -2.19. The molecule has 6 heteroatoms. The lowest BCUT2D eigenvalue weighted by molar-refractivity contribution is -0.133. The van der Waals surface area contributed by atoms with Crippen LogP contribution in [0.3, 0.4) is 0 Å². The Morgan fingerprint density at radius 3 is 2.30 bits per heavy atom. The molecule has 1 heterocycles. The minimum Gasteiger partial charge on any atom is -0.481 e. The number of rotatable bonds is 9. The summed E-state index contributed by atoms with van der Waals surface area (Å²) in [6, 6.07) is 0.243. The van der Waals surface area contributed by atoms with Crippen LogP contribution in [0.1, 0.15) is 71.2 Å². The molecule has 0 amide bonds. The lowest BCUT2D eigenvalue weighted by Crippen LogP contribution is -2.13. The molecular formula is C14H25N3O2S. The predicted octanol–water partition coefficient (Wildman–Crippen LogP) is 3.72. The van der Waals surface area contributed by atoms with Crippen molar-refractivity contribution in [1.29, 1.82) is 0 Å². The molecular weight excluding hydrogens is 274 g/mol. The Balaban J connectivity index is 3.02. The number of carbonyl (C=O) groups is 1. The molecule has 0 fully saturated rings. The number of aliphatic carboxylic acids is 1. The van der Waals surface area contributed by atoms with Gasteiger partial charge in [-0.15, -0.1) is 10.2 Å². The van der Waals surface area contributed by atoms with Gasteiger partial charge < -0.3 is 9.67 Å². The van der Waals surface area contributed by atoms with Gasteiger partial charge in [0.1, 0.15) is 5.82 Å². The molecule has 0 radical (unpaired) electrons. The van der Waals surface area contributed by atoms with Crippen LogP contribution in [0.2, 0.25) is 0 Å². The number of hydrogen-bond acceptors (Lipinski definition) is 4. The molecule has 0 aliphatic rings. The zero-order valence-corrected chi connectivity index (χ0v) is 13.6. The summed E-state index contributed by atoms with van der Waals surface area (Å²) in [5.74, 6) is 0.626. The molecule has 1 aromatic rings. The van der Waals surface area contributed by atoms with Gasteiger partial charge in [0, 0.05) is 12.0 Å². The third-order valence-electron chi connectivity index (χ3n) is 3.17. The van der Waals surface area contributed by atoms with Crippen molar-refractivity contribution in [3.8, 4) is 0 Å². The summed E-state index contributed by atoms with van der Waals surface area (Å²) in [6.07, 6.45) is 4.44. The number of thioether (sulfide) groups is 1. The Morgan fingerprint density at radius 2 is 1.85 bits per heavy atom. The molecule has 0 saturated carbocycles. The van der Waals surface area contributed by atoms with Gasteiger partial charge in [0.25, 0.3) is 0 Å². The van der Waals surface area contributed by atoms with Crippen LogP contribution in [-0.4, -0.2) is 31.6 Å². The van der Waals surface area contributed by atoms with Gasteiger partial charge in [0.15, 0.2) is 5.16 Å². The third-order valence-corrected chi connectivity index (χ3v) is 4.10. The predicted molar refractivity (Wildman–Crippen MR) is 81.3 cm³/mol. The number of carboxylic acids is 1. The van der Waals surface area contributed by atoms with Crippen molar-refractivity contribution in [3.63, 3.8) is 0 Å². The van der Waals surface area contributed by atoms with Crippen molar-refractivity contribution in [2.45, 2.75) is 70.5 Å². The van der Waals surface area contributed by atoms with E-state index in [9.17, 15) is 4.79 Å². The molecule has 1 rings (SSSR count). The Kier molecular flexibility index (Phi) is 7.05. The van der Waals surface area contributed by atoms with Crippen LogP contribution < -0.4 is 0 Å².